The van der Waals surface area contributed by atoms with Crippen LogP contribution in [0.1, 0.15) is 60.3 Å². The summed E-state index contributed by atoms with van der Waals surface area (Å²) in [5.41, 5.74) is 16.3. The van der Waals surface area contributed by atoms with Crippen LogP contribution in [-0.2, 0) is 5.41 Å². The molecule has 2 aromatic heterocycles. The number of allylic oxidation sites excluding steroid dienone is 2. The molecular weight excluding hydrogens is 701 g/mol. The van der Waals surface area contributed by atoms with Gasteiger partial charge in [-0.1, -0.05) is 159 Å². The SMILES string of the molecule is C1=CC2Oc3cc(-c4nc(-c5ccc(-c6ccccc6)cc5)nc5c4sc4ccccc45)ccc3C2C=C1c1cccc2c1-c1ccccc1C21CCCCC1. The minimum Gasteiger partial charge on any atom is -0.485 e. The molecule has 0 bridgehead atoms. The number of fused-ring (bicyclic) bond motifs is 11. The van der Waals surface area contributed by atoms with Gasteiger partial charge in [0.2, 0.25) is 0 Å². The van der Waals surface area contributed by atoms with Crippen LogP contribution in [0.3, 0.4) is 0 Å². The average Bonchev–Trinajstić information content (AvgIpc) is 3.92. The van der Waals surface area contributed by atoms with E-state index in [2.05, 4.69) is 158 Å². The second kappa shape index (κ2) is 12.5. The lowest BCUT2D eigenvalue weighted by molar-refractivity contribution is 0.269. The highest BCUT2D eigenvalue weighted by Gasteiger charge is 2.45. The van der Waals surface area contributed by atoms with E-state index in [1.807, 2.05) is 0 Å². The third-order valence-corrected chi connectivity index (χ3v) is 14.0. The van der Waals surface area contributed by atoms with E-state index in [-0.39, 0.29) is 17.4 Å². The smallest absolute Gasteiger partial charge is 0.160 e. The van der Waals surface area contributed by atoms with Crippen molar-refractivity contribution in [2.45, 2.75) is 49.5 Å². The summed E-state index contributed by atoms with van der Waals surface area (Å²) in [5, 5.41) is 1.16. The number of aromatic nitrogens is 2. The first kappa shape index (κ1) is 32.2. The van der Waals surface area contributed by atoms with Crippen molar-refractivity contribution in [1.82, 2.24) is 9.97 Å². The molecule has 1 saturated carbocycles. The maximum absolute atomic E-state index is 6.77. The van der Waals surface area contributed by atoms with Crippen LogP contribution < -0.4 is 4.74 Å². The molecule has 12 rings (SSSR count). The molecule has 0 saturated heterocycles. The van der Waals surface area contributed by atoms with Crippen LogP contribution in [0.15, 0.2) is 158 Å². The van der Waals surface area contributed by atoms with E-state index in [0.29, 0.717) is 0 Å². The van der Waals surface area contributed by atoms with Crippen LogP contribution >= 0.6 is 11.3 Å². The van der Waals surface area contributed by atoms with Crippen LogP contribution in [0.2, 0.25) is 0 Å². The molecule has 3 nitrogen and oxygen atoms in total. The fraction of sp³-hybridized carbons (Fsp3) is 0.154. The third kappa shape index (κ3) is 4.82. The van der Waals surface area contributed by atoms with Gasteiger partial charge >= 0.3 is 0 Å². The molecule has 56 heavy (non-hydrogen) atoms. The summed E-state index contributed by atoms with van der Waals surface area (Å²) >= 11 is 1.76. The lowest BCUT2D eigenvalue weighted by atomic mass is 9.67. The lowest BCUT2D eigenvalue weighted by Crippen LogP contribution is -2.28. The predicted octanol–water partition coefficient (Wildman–Crippen LogP) is 13.6. The van der Waals surface area contributed by atoms with Crippen LogP contribution in [-0.4, -0.2) is 16.1 Å². The van der Waals surface area contributed by atoms with Gasteiger partial charge in [-0.05, 0) is 75.6 Å². The Morgan fingerprint density at radius 1 is 0.625 bits per heavy atom. The number of ether oxygens (including phenoxy) is 1. The monoisotopic (exact) mass is 738 g/mol. The zero-order chi connectivity index (χ0) is 36.8. The Morgan fingerprint density at radius 2 is 1.36 bits per heavy atom. The molecule has 268 valence electrons. The predicted molar refractivity (Wildman–Crippen MR) is 231 cm³/mol. The third-order valence-electron chi connectivity index (χ3n) is 12.9. The Hall–Kier alpha value is -6.10. The van der Waals surface area contributed by atoms with Gasteiger partial charge in [-0.25, -0.2) is 9.97 Å². The number of nitrogens with zero attached hydrogens (tertiary/aromatic N) is 2. The number of rotatable bonds is 4. The molecule has 2 unspecified atom stereocenters. The number of benzene rings is 6. The summed E-state index contributed by atoms with van der Waals surface area (Å²) in [4.78, 5) is 10.5. The van der Waals surface area contributed by atoms with E-state index >= 15 is 0 Å². The Morgan fingerprint density at radius 3 is 2.25 bits per heavy atom. The van der Waals surface area contributed by atoms with Crippen LogP contribution in [0.25, 0.3) is 70.8 Å². The summed E-state index contributed by atoms with van der Waals surface area (Å²) in [6.45, 7) is 0. The van der Waals surface area contributed by atoms with Crippen LogP contribution in [0, 0.1) is 0 Å². The molecule has 3 heterocycles. The Balaban J connectivity index is 0.941. The maximum Gasteiger partial charge on any atom is 0.160 e. The topological polar surface area (TPSA) is 35.0 Å². The van der Waals surface area contributed by atoms with Crippen LogP contribution in [0.5, 0.6) is 5.75 Å². The van der Waals surface area contributed by atoms with Gasteiger partial charge in [-0.15, -0.1) is 11.3 Å². The molecule has 2 atom stereocenters. The van der Waals surface area contributed by atoms with Crippen molar-refractivity contribution in [3.8, 4) is 50.6 Å². The molecule has 0 amide bonds. The average molecular weight is 739 g/mol. The summed E-state index contributed by atoms with van der Waals surface area (Å²) < 4.78 is 9.08. The Kier molecular flexibility index (Phi) is 7.16. The van der Waals surface area contributed by atoms with E-state index in [0.717, 1.165) is 44.0 Å². The quantitative estimate of drug-likeness (QED) is 0.180. The number of hydrogen-bond donors (Lipinski definition) is 0. The highest BCUT2D eigenvalue weighted by molar-refractivity contribution is 7.26. The van der Waals surface area contributed by atoms with Crippen molar-refractivity contribution in [3.63, 3.8) is 0 Å². The van der Waals surface area contributed by atoms with Gasteiger partial charge in [-0.3, -0.25) is 0 Å². The van der Waals surface area contributed by atoms with Crippen molar-refractivity contribution in [2.24, 2.45) is 0 Å². The summed E-state index contributed by atoms with van der Waals surface area (Å²) in [7, 11) is 0. The number of hydrogen-bond acceptors (Lipinski definition) is 4. The van der Waals surface area contributed by atoms with Crippen molar-refractivity contribution in [3.05, 3.63) is 180 Å². The van der Waals surface area contributed by atoms with Gasteiger partial charge in [0.1, 0.15) is 11.9 Å². The summed E-state index contributed by atoms with van der Waals surface area (Å²) in [6, 6.07) is 50.7. The van der Waals surface area contributed by atoms with E-state index in [4.69, 9.17) is 14.7 Å². The van der Waals surface area contributed by atoms with E-state index in [1.54, 1.807) is 11.3 Å². The van der Waals surface area contributed by atoms with Gasteiger partial charge in [0.15, 0.2) is 5.82 Å². The largest absolute Gasteiger partial charge is 0.485 e. The van der Waals surface area contributed by atoms with Crippen molar-refractivity contribution in [1.29, 1.82) is 0 Å². The molecule has 4 aliphatic rings. The second-order valence-corrected chi connectivity index (χ2v) is 16.9. The molecule has 1 aliphatic heterocycles. The summed E-state index contributed by atoms with van der Waals surface area (Å²) in [6.07, 6.45) is 13.4. The molecule has 1 fully saturated rings. The highest BCUT2D eigenvalue weighted by Crippen LogP contribution is 2.58. The van der Waals surface area contributed by atoms with Crippen LogP contribution in [0.4, 0.5) is 0 Å². The molecule has 1 spiro atoms. The normalized spacial score (nSPS) is 18.7. The van der Waals surface area contributed by atoms with Crippen molar-refractivity contribution < 1.29 is 4.74 Å². The van der Waals surface area contributed by atoms with Crippen molar-refractivity contribution in [2.75, 3.05) is 0 Å². The molecule has 8 aromatic rings. The molecule has 0 radical (unpaired) electrons. The lowest BCUT2D eigenvalue weighted by Gasteiger charge is -2.36. The molecule has 0 N–H and O–H groups in total. The zero-order valence-electron chi connectivity index (χ0n) is 30.9. The highest BCUT2D eigenvalue weighted by atomic mass is 32.1. The molecular formula is C52H38N2OS. The fourth-order valence-electron chi connectivity index (χ4n) is 10.2. The minimum atomic E-state index is -0.0360. The fourth-order valence-corrected chi connectivity index (χ4v) is 11.4. The van der Waals surface area contributed by atoms with Gasteiger partial charge in [-0.2, -0.15) is 0 Å². The zero-order valence-corrected chi connectivity index (χ0v) is 31.7. The van der Waals surface area contributed by atoms with Crippen molar-refractivity contribution >= 4 is 37.2 Å². The van der Waals surface area contributed by atoms with E-state index in [1.165, 1.54) is 86.9 Å². The maximum atomic E-state index is 6.77. The molecule has 6 aromatic carbocycles. The Labute approximate surface area is 330 Å². The Bertz CT molecular complexity index is 2930. The second-order valence-electron chi connectivity index (χ2n) is 15.9. The molecule has 3 aliphatic carbocycles. The van der Waals surface area contributed by atoms with Gasteiger partial charge < -0.3 is 4.74 Å². The number of thiophene rings is 1. The standard InChI is InChI=1S/C52H38N2OS/c1-3-12-32(13-4-1)33-20-22-34(23-21-33)51-53-48(50-49(54-51)40-15-6-8-19-46(40)56-50)36-24-26-38-41-30-35(25-27-44(41)55-45(38)31-36)37-16-11-18-43-47(37)39-14-5-7-17-42(39)52(43)28-9-2-10-29-52/h1,3-8,11-27,30-31,41,44H,2,9-10,28-29H2. The first-order valence-corrected chi connectivity index (χ1v) is 20.8. The van der Waals surface area contributed by atoms with Gasteiger partial charge in [0.05, 0.1) is 15.9 Å². The minimum absolute atomic E-state index is 0.0360. The van der Waals surface area contributed by atoms with Gasteiger partial charge in [0.25, 0.3) is 0 Å². The first-order valence-electron chi connectivity index (χ1n) is 20.0. The first-order chi connectivity index (χ1) is 27.7. The van der Waals surface area contributed by atoms with E-state index < -0.39 is 0 Å². The van der Waals surface area contributed by atoms with E-state index in [9.17, 15) is 0 Å². The summed E-state index contributed by atoms with van der Waals surface area (Å²) in [5.74, 6) is 1.81. The van der Waals surface area contributed by atoms with Gasteiger partial charge in [0, 0.05) is 38.1 Å². The molecule has 4 heteroatoms.